The van der Waals surface area contributed by atoms with E-state index in [4.69, 9.17) is 5.11 Å². The van der Waals surface area contributed by atoms with E-state index in [0.717, 1.165) is 25.7 Å². The van der Waals surface area contributed by atoms with Gasteiger partial charge in [0.15, 0.2) is 0 Å². The fourth-order valence-electron chi connectivity index (χ4n) is 3.07. The minimum atomic E-state index is -0.745. The lowest BCUT2D eigenvalue weighted by Crippen LogP contribution is -2.44. The maximum absolute atomic E-state index is 11.8. The number of urea groups is 1. The molecule has 0 saturated heterocycles. The van der Waals surface area contributed by atoms with Crippen LogP contribution in [0.5, 0.6) is 0 Å². The van der Waals surface area contributed by atoms with E-state index in [1.54, 1.807) is 0 Å². The molecule has 3 atom stereocenters. The molecule has 1 aliphatic rings. The van der Waals surface area contributed by atoms with Gasteiger partial charge in [-0.25, -0.2) is 4.79 Å². The molecule has 1 saturated carbocycles. The van der Waals surface area contributed by atoms with Crippen molar-refractivity contribution in [3.8, 4) is 0 Å². The van der Waals surface area contributed by atoms with E-state index in [-0.39, 0.29) is 12.5 Å². The molecular weight excluding hydrogens is 268 g/mol. The van der Waals surface area contributed by atoms with Crippen molar-refractivity contribution in [3.05, 3.63) is 0 Å². The van der Waals surface area contributed by atoms with E-state index in [1.807, 2.05) is 0 Å². The Kier molecular flexibility index (Phi) is 8.16. The van der Waals surface area contributed by atoms with Gasteiger partial charge in [-0.2, -0.15) is 0 Å². The van der Waals surface area contributed by atoms with Crippen molar-refractivity contribution in [1.82, 2.24) is 10.6 Å². The number of nitrogens with one attached hydrogen (secondary N) is 2. The number of carbonyl (C=O) groups excluding carboxylic acids is 1. The number of carbonyl (C=O) groups is 2. The molecule has 1 aliphatic carbocycles. The molecule has 0 aromatic carbocycles. The second-order valence-electron chi connectivity index (χ2n) is 6.36. The molecule has 0 spiro atoms. The van der Waals surface area contributed by atoms with Gasteiger partial charge in [0, 0.05) is 19.0 Å². The van der Waals surface area contributed by atoms with E-state index in [2.05, 4.69) is 24.5 Å². The number of amides is 2. The van der Waals surface area contributed by atoms with Crippen LogP contribution >= 0.6 is 0 Å². The molecule has 0 bridgehead atoms. The van der Waals surface area contributed by atoms with Gasteiger partial charge in [0.1, 0.15) is 0 Å². The van der Waals surface area contributed by atoms with Gasteiger partial charge in [-0.3, -0.25) is 4.79 Å². The van der Waals surface area contributed by atoms with E-state index in [1.165, 1.54) is 12.8 Å². The largest absolute Gasteiger partial charge is 0.481 e. The fraction of sp³-hybridized carbons (Fsp3) is 0.875. The lowest BCUT2D eigenvalue weighted by molar-refractivity contribution is -0.137. The molecule has 1 fully saturated rings. The van der Waals surface area contributed by atoms with Crippen LogP contribution in [0.1, 0.15) is 65.2 Å². The summed E-state index contributed by atoms with van der Waals surface area (Å²) in [4.78, 5) is 22.4. The van der Waals surface area contributed by atoms with Crippen molar-refractivity contribution in [1.29, 1.82) is 0 Å². The minimum absolute atomic E-state index is 0.0813. The molecule has 0 aromatic heterocycles. The Balaban J connectivity index is 2.15. The number of hydrogen-bond donors (Lipinski definition) is 3. The van der Waals surface area contributed by atoms with Crippen molar-refractivity contribution in [3.63, 3.8) is 0 Å². The first kappa shape index (κ1) is 17.8. The van der Waals surface area contributed by atoms with E-state index >= 15 is 0 Å². The van der Waals surface area contributed by atoms with Gasteiger partial charge in [-0.1, -0.05) is 33.1 Å². The molecule has 5 heteroatoms. The summed E-state index contributed by atoms with van der Waals surface area (Å²) in [6.45, 7) is 4.92. The quantitative estimate of drug-likeness (QED) is 0.644. The Hall–Kier alpha value is -1.26. The number of carboxylic acids is 1. The topological polar surface area (TPSA) is 78.4 Å². The summed E-state index contributed by atoms with van der Waals surface area (Å²) in [5.74, 6) is 0.325. The summed E-state index contributed by atoms with van der Waals surface area (Å²) >= 11 is 0. The molecule has 3 unspecified atom stereocenters. The predicted octanol–water partition coefficient (Wildman–Crippen LogP) is 3.15. The van der Waals surface area contributed by atoms with Crippen LogP contribution in [-0.2, 0) is 4.79 Å². The first-order chi connectivity index (χ1) is 10.0. The third-order valence-corrected chi connectivity index (χ3v) is 4.45. The van der Waals surface area contributed by atoms with Crippen LogP contribution in [0.4, 0.5) is 4.79 Å². The van der Waals surface area contributed by atoms with Crippen LogP contribution in [0.3, 0.4) is 0 Å². The summed E-state index contributed by atoms with van der Waals surface area (Å²) in [7, 11) is 0. The fourth-order valence-corrected chi connectivity index (χ4v) is 3.07. The van der Waals surface area contributed by atoms with Crippen LogP contribution in [-0.4, -0.2) is 29.7 Å². The molecule has 3 N–H and O–H groups in total. The van der Waals surface area contributed by atoms with Gasteiger partial charge in [-0.05, 0) is 37.5 Å². The molecule has 0 radical (unpaired) electrons. The van der Waals surface area contributed by atoms with Crippen molar-refractivity contribution in [2.24, 2.45) is 11.8 Å². The highest BCUT2D eigenvalue weighted by Crippen LogP contribution is 2.23. The Labute approximate surface area is 127 Å². The normalized spacial score (nSPS) is 23.3. The second-order valence-corrected chi connectivity index (χ2v) is 6.36. The average Bonchev–Trinajstić information content (AvgIpc) is 2.42. The number of carboxylic acid groups (broad SMARTS) is 1. The van der Waals surface area contributed by atoms with E-state index in [9.17, 15) is 9.59 Å². The molecule has 1 rings (SSSR count). The van der Waals surface area contributed by atoms with E-state index in [0.29, 0.717) is 30.8 Å². The van der Waals surface area contributed by atoms with Gasteiger partial charge in [0.2, 0.25) is 0 Å². The van der Waals surface area contributed by atoms with Gasteiger partial charge < -0.3 is 15.7 Å². The summed E-state index contributed by atoms with van der Waals surface area (Å²) in [5.41, 5.74) is 0. The van der Waals surface area contributed by atoms with Gasteiger partial charge in [0.25, 0.3) is 0 Å². The molecule has 2 amide bonds. The van der Waals surface area contributed by atoms with Crippen molar-refractivity contribution >= 4 is 12.0 Å². The number of aliphatic carboxylic acids is 1. The first-order valence-corrected chi connectivity index (χ1v) is 8.27. The molecule has 0 aromatic rings. The average molecular weight is 298 g/mol. The van der Waals surface area contributed by atoms with Gasteiger partial charge >= 0.3 is 12.0 Å². The minimum Gasteiger partial charge on any atom is -0.481 e. The molecule has 21 heavy (non-hydrogen) atoms. The van der Waals surface area contributed by atoms with E-state index < -0.39 is 5.97 Å². The first-order valence-electron chi connectivity index (χ1n) is 8.27. The van der Waals surface area contributed by atoms with Crippen LogP contribution in [0, 0.1) is 11.8 Å². The highest BCUT2D eigenvalue weighted by Gasteiger charge is 2.20. The Morgan fingerprint density at radius 3 is 2.67 bits per heavy atom. The van der Waals surface area contributed by atoms with Crippen molar-refractivity contribution in [2.75, 3.05) is 6.54 Å². The molecule has 122 valence electrons. The third-order valence-electron chi connectivity index (χ3n) is 4.45. The molecular formula is C16H30N2O3. The van der Waals surface area contributed by atoms with Crippen LogP contribution in [0.15, 0.2) is 0 Å². The summed E-state index contributed by atoms with van der Waals surface area (Å²) in [6.07, 6.45) is 7.31. The van der Waals surface area contributed by atoms with Crippen LogP contribution in [0.2, 0.25) is 0 Å². The maximum atomic E-state index is 11.8. The summed E-state index contributed by atoms with van der Waals surface area (Å²) in [6, 6.07) is 0.227. The van der Waals surface area contributed by atoms with Crippen molar-refractivity contribution in [2.45, 2.75) is 71.3 Å². The zero-order chi connectivity index (χ0) is 15.7. The number of rotatable bonds is 8. The Bertz CT molecular complexity index is 333. The zero-order valence-electron chi connectivity index (χ0n) is 13.4. The lowest BCUT2D eigenvalue weighted by Gasteiger charge is -2.27. The Morgan fingerprint density at radius 1 is 1.29 bits per heavy atom. The monoisotopic (exact) mass is 298 g/mol. The standard InChI is InChI=1S/C16H30N2O3/c1-3-13(7-8-15(19)20)9-10-17-16(21)18-14-6-4-5-12(2)11-14/h12-14H,3-11H2,1-2H3,(H,19,20)(H2,17,18,21). The van der Waals surface area contributed by atoms with Gasteiger partial charge in [-0.15, -0.1) is 0 Å². The third kappa shape index (κ3) is 7.93. The van der Waals surface area contributed by atoms with Gasteiger partial charge in [0.05, 0.1) is 0 Å². The molecule has 0 heterocycles. The lowest BCUT2D eigenvalue weighted by atomic mass is 9.87. The smallest absolute Gasteiger partial charge is 0.315 e. The SMILES string of the molecule is CCC(CCNC(=O)NC1CCCC(C)C1)CCC(=O)O. The second kappa shape index (κ2) is 9.64. The Morgan fingerprint density at radius 2 is 2.05 bits per heavy atom. The van der Waals surface area contributed by atoms with Crippen LogP contribution < -0.4 is 10.6 Å². The predicted molar refractivity (Wildman–Crippen MR) is 83.2 cm³/mol. The highest BCUT2D eigenvalue weighted by molar-refractivity contribution is 5.74. The van der Waals surface area contributed by atoms with Crippen LogP contribution in [0.25, 0.3) is 0 Å². The number of hydrogen-bond acceptors (Lipinski definition) is 2. The molecule has 0 aliphatic heterocycles. The molecule has 5 nitrogen and oxygen atoms in total. The zero-order valence-corrected chi connectivity index (χ0v) is 13.4. The van der Waals surface area contributed by atoms with Crippen molar-refractivity contribution < 1.29 is 14.7 Å². The maximum Gasteiger partial charge on any atom is 0.315 e. The summed E-state index contributed by atoms with van der Waals surface area (Å²) < 4.78 is 0. The summed E-state index contributed by atoms with van der Waals surface area (Å²) in [5, 5.41) is 14.6. The highest BCUT2D eigenvalue weighted by atomic mass is 16.4.